The number of aromatic nitrogens is 3. The first-order chi connectivity index (χ1) is 8.15. The zero-order valence-corrected chi connectivity index (χ0v) is 10.3. The standard InChI is InChI=1S/C12H13ClN4/c1-17-12(7-2-3-7)15-11(16-17)9-5-4-8(13)6-10(9)14/h4-7H,2-3,14H2,1H3. The SMILES string of the molecule is Cn1nc(-c2ccc(Cl)cc2N)nc1C1CC1. The molecular formula is C12H13ClN4. The average molecular weight is 249 g/mol. The smallest absolute Gasteiger partial charge is 0.183 e. The number of anilines is 1. The summed E-state index contributed by atoms with van der Waals surface area (Å²) in [5.41, 5.74) is 7.39. The van der Waals surface area contributed by atoms with Crippen molar-refractivity contribution in [2.75, 3.05) is 5.73 Å². The van der Waals surface area contributed by atoms with Gasteiger partial charge in [0.05, 0.1) is 0 Å². The molecule has 1 aliphatic carbocycles. The molecule has 3 rings (SSSR count). The maximum Gasteiger partial charge on any atom is 0.183 e. The summed E-state index contributed by atoms with van der Waals surface area (Å²) >= 11 is 5.88. The molecule has 0 unspecified atom stereocenters. The van der Waals surface area contributed by atoms with E-state index in [1.54, 1.807) is 12.1 Å². The zero-order valence-electron chi connectivity index (χ0n) is 9.52. The van der Waals surface area contributed by atoms with E-state index in [0.717, 1.165) is 11.4 Å². The Bertz CT molecular complexity index is 572. The Hall–Kier alpha value is -1.55. The quantitative estimate of drug-likeness (QED) is 0.831. The monoisotopic (exact) mass is 248 g/mol. The van der Waals surface area contributed by atoms with Gasteiger partial charge in [-0.1, -0.05) is 11.6 Å². The molecule has 0 atom stereocenters. The number of rotatable bonds is 2. The molecule has 1 fully saturated rings. The zero-order chi connectivity index (χ0) is 12.0. The number of nitrogen functional groups attached to an aromatic ring is 1. The molecule has 0 bridgehead atoms. The van der Waals surface area contributed by atoms with Crippen molar-refractivity contribution in [3.63, 3.8) is 0 Å². The number of halogens is 1. The highest BCUT2D eigenvalue weighted by Gasteiger charge is 2.29. The predicted molar refractivity (Wildman–Crippen MR) is 67.8 cm³/mol. The van der Waals surface area contributed by atoms with Crippen LogP contribution >= 0.6 is 11.6 Å². The van der Waals surface area contributed by atoms with Crippen molar-refractivity contribution in [1.29, 1.82) is 0 Å². The van der Waals surface area contributed by atoms with Crippen LogP contribution < -0.4 is 5.73 Å². The van der Waals surface area contributed by atoms with Crippen LogP contribution in [0.1, 0.15) is 24.6 Å². The maximum absolute atomic E-state index is 5.93. The van der Waals surface area contributed by atoms with Gasteiger partial charge in [-0.25, -0.2) is 4.98 Å². The molecule has 1 heterocycles. The minimum Gasteiger partial charge on any atom is -0.398 e. The molecule has 0 spiro atoms. The van der Waals surface area contributed by atoms with Gasteiger partial charge >= 0.3 is 0 Å². The van der Waals surface area contributed by atoms with E-state index < -0.39 is 0 Å². The Balaban J connectivity index is 2.05. The van der Waals surface area contributed by atoms with Gasteiger partial charge < -0.3 is 5.73 Å². The van der Waals surface area contributed by atoms with Crippen LogP contribution in [0.5, 0.6) is 0 Å². The highest BCUT2D eigenvalue weighted by atomic mass is 35.5. The third-order valence-electron chi connectivity index (χ3n) is 2.99. The third-order valence-corrected chi connectivity index (χ3v) is 3.23. The Kier molecular flexibility index (Phi) is 2.33. The molecule has 5 heteroatoms. The molecule has 4 nitrogen and oxygen atoms in total. The van der Waals surface area contributed by atoms with Gasteiger partial charge in [0.1, 0.15) is 5.82 Å². The van der Waals surface area contributed by atoms with Gasteiger partial charge in [0.15, 0.2) is 5.82 Å². The molecule has 0 saturated heterocycles. The van der Waals surface area contributed by atoms with Gasteiger partial charge in [0.25, 0.3) is 0 Å². The van der Waals surface area contributed by atoms with E-state index in [9.17, 15) is 0 Å². The Morgan fingerprint density at radius 2 is 2.18 bits per heavy atom. The lowest BCUT2D eigenvalue weighted by Gasteiger charge is -2.00. The average Bonchev–Trinajstić information content (AvgIpc) is 3.03. The van der Waals surface area contributed by atoms with Crippen LogP contribution in [0.2, 0.25) is 5.02 Å². The summed E-state index contributed by atoms with van der Waals surface area (Å²) in [7, 11) is 1.93. The summed E-state index contributed by atoms with van der Waals surface area (Å²) in [6.07, 6.45) is 2.42. The summed E-state index contributed by atoms with van der Waals surface area (Å²) < 4.78 is 1.85. The predicted octanol–water partition coefficient (Wildman–Crippen LogP) is 2.60. The van der Waals surface area contributed by atoms with Crippen LogP contribution in [0.3, 0.4) is 0 Å². The highest BCUT2D eigenvalue weighted by molar-refractivity contribution is 6.31. The van der Waals surface area contributed by atoms with Crippen LogP contribution in [0, 0.1) is 0 Å². The van der Waals surface area contributed by atoms with Crippen LogP contribution in [-0.4, -0.2) is 14.8 Å². The highest BCUT2D eigenvalue weighted by Crippen LogP contribution is 2.39. The largest absolute Gasteiger partial charge is 0.398 e. The van der Waals surface area contributed by atoms with Crippen molar-refractivity contribution < 1.29 is 0 Å². The second-order valence-electron chi connectivity index (χ2n) is 4.42. The molecule has 2 aromatic rings. The number of nitrogens with zero attached hydrogens (tertiary/aromatic N) is 3. The van der Waals surface area contributed by atoms with Crippen molar-refractivity contribution in [3.05, 3.63) is 29.0 Å². The van der Waals surface area contributed by atoms with Crippen molar-refractivity contribution >= 4 is 17.3 Å². The Labute approximate surface area is 104 Å². The molecule has 2 N–H and O–H groups in total. The summed E-state index contributed by atoms with van der Waals surface area (Å²) in [4.78, 5) is 4.56. The maximum atomic E-state index is 5.93. The molecule has 1 aromatic heterocycles. The molecule has 1 saturated carbocycles. The van der Waals surface area contributed by atoms with E-state index in [0.29, 0.717) is 22.5 Å². The van der Waals surface area contributed by atoms with Gasteiger partial charge in [-0.2, -0.15) is 5.10 Å². The number of nitrogens with two attached hydrogens (primary N) is 1. The lowest BCUT2D eigenvalue weighted by Crippen LogP contribution is -1.96. The number of hydrogen-bond donors (Lipinski definition) is 1. The van der Waals surface area contributed by atoms with Gasteiger partial charge in [0.2, 0.25) is 0 Å². The van der Waals surface area contributed by atoms with Gasteiger partial charge in [-0.15, -0.1) is 0 Å². The lowest BCUT2D eigenvalue weighted by molar-refractivity contribution is 0.705. The van der Waals surface area contributed by atoms with E-state index in [1.165, 1.54) is 12.8 Å². The minimum absolute atomic E-state index is 0.578. The Morgan fingerprint density at radius 1 is 1.41 bits per heavy atom. The fourth-order valence-corrected chi connectivity index (χ4v) is 2.13. The summed E-state index contributed by atoms with van der Waals surface area (Å²) in [5, 5.41) is 5.04. The number of benzene rings is 1. The van der Waals surface area contributed by atoms with Crippen LogP contribution in [0.15, 0.2) is 18.2 Å². The topological polar surface area (TPSA) is 56.7 Å². The van der Waals surface area contributed by atoms with Crippen LogP contribution in [0.25, 0.3) is 11.4 Å². The van der Waals surface area contributed by atoms with E-state index >= 15 is 0 Å². The van der Waals surface area contributed by atoms with Crippen molar-refractivity contribution in [2.24, 2.45) is 7.05 Å². The van der Waals surface area contributed by atoms with Crippen LogP contribution in [0.4, 0.5) is 5.69 Å². The minimum atomic E-state index is 0.578. The number of aryl methyl sites for hydroxylation is 1. The molecular weight excluding hydrogens is 236 g/mol. The second kappa shape index (κ2) is 3.74. The van der Waals surface area contributed by atoms with E-state index in [2.05, 4.69) is 10.1 Å². The lowest BCUT2D eigenvalue weighted by atomic mass is 10.2. The first-order valence-corrected chi connectivity index (χ1v) is 5.99. The first-order valence-electron chi connectivity index (χ1n) is 5.61. The van der Waals surface area contributed by atoms with Crippen molar-refractivity contribution in [3.8, 4) is 11.4 Å². The normalized spacial score (nSPS) is 15.2. The van der Waals surface area contributed by atoms with Gasteiger partial charge in [0, 0.05) is 29.2 Å². The van der Waals surface area contributed by atoms with Gasteiger partial charge in [-0.3, -0.25) is 4.68 Å². The molecule has 0 radical (unpaired) electrons. The Morgan fingerprint density at radius 3 is 2.82 bits per heavy atom. The fourth-order valence-electron chi connectivity index (χ4n) is 1.94. The first kappa shape index (κ1) is 10.6. The van der Waals surface area contributed by atoms with E-state index in [-0.39, 0.29) is 0 Å². The molecule has 88 valence electrons. The summed E-state index contributed by atoms with van der Waals surface area (Å²) in [6.45, 7) is 0. The molecule has 17 heavy (non-hydrogen) atoms. The molecule has 1 aliphatic rings. The summed E-state index contributed by atoms with van der Waals surface area (Å²) in [6, 6.07) is 5.40. The molecule has 0 amide bonds. The van der Waals surface area contributed by atoms with Gasteiger partial charge in [-0.05, 0) is 31.0 Å². The van der Waals surface area contributed by atoms with E-state index in [1.807, 2.05) is 17.8 Å². The van der Waals surface area contributed by atoms with Crippen molar-refractivity contribution in [2.45, 2.75) is 18.8 Å². The van der Waals surface area contributed by atoms with Crippen LogP contribution in [-0.2, 0) is 7.05 Å². The second-order valence-corrected chi connectivity index (χ2v) is 4.86. The summed E-state index contributed by atoms with van der Waals surface area (Å²) in [5.74, 6) is 2.31. The van der Waals surface area contributed by atoms with Crippen molar-refractivity contribution in [1.82, 2.24) is 14.8 Å². The number of hydrogen-bond acceptors (Lipinski definition) is 3. The van der Waals surface area contributed by atoms with E-state index in [4.69, 9.17) is 17.3 Å². The third kappa shape index (κ3) is 1.89. The fraction of sp³-hybridized carbons (Fsp3) is 0.333. The molecule has 1 aromatic carbocycles. The molecule has 0 aliphatic heterocycles.